The van der Waals surface area contributed by atoms with Crippen molar-refractivity contribution in [2.75, 3.05) is 26.2 Å². The molecule has 3 heteroatoms. The van der Waals surface area contributed by atoms with E-state index in [0.717, 1.165) is 25.9 Å². The first-order chi connectivity index (χ1) is 9.15. The molecule has 1 N–H and O–H groups in total. The lowest BCUT2D eigenvalue weighted by Crippen LogP contribution is -2.33. The highest BCUT2D eigenvalue weighted by Gasteiger charge is 2.09. The van der Waals surface area contributed by atoms with Crippen LogP contribution in [0, 0.1) is 5.92 Å². The molecule has 0 rings (SSSR count). The zero-order chi connectivity index (χ0) is 14.5. The van der Waals surface area contributed by atoms with Crippen LogP contribution in [-0.2, 0) is 4.79 Å². The van der Waals surface area contributed by atoms with Crippen molar-refractivity contribution in [2.24, 2.45) is 5.92 Å². The maximum absolute atomic E-state index is 11.6. The average Bonchev–Trinajstić information content (AvgIpc) is 2.44. The van der Waals surface area contributed by atoms with Crippen LogP contribution in [0.15, 0.2) is 0 Å². The Morgan fingerprint density at radius 3 is 2.00 bits per heavy atom. The summed E-state index contributed by atoms with van der Waals surface area (Å²) >= 11 is 0. The standard InChI is InChI=1S/C16H34N2O/c1-5-8-12-18(13-9-6-2)14-10-11-17-16(19)15(4)7-3/h15H,5-14H2,1-4H3,(H,17,19). The zero-order valence-electron chi connectivity index (χ0n) is 13.5. The summed E-state index contributed by atoms with van der Waals surface area (Å²) in [6, 6.07) is 0. The molecule has 0 aromatic rings. The first-order valence-corrected chi connectivity index (χ1v) is 8.15. The number of carbonyl (C=O) groups excluding carboxylic acids is 1. The maximum atomic E-state index is 11.6. The molecule has 0 bridgehead atoms. The largest absolute Gasteiger partial charge is 0.356 e. The average molecular weight is 270 g/mol. The van der Waals surface area contributed by atoms with Gasteiger partial charge in [0.2, 0.25) is 5.91 Å². The van der Waals surface area contributed by atoms with Crippen molar-refractivity contribution in [1.29, 1.82) is 0 Å². The smallest absolute Gasteiger partial charge is 0.222 e. The maximum Gasteiger partial charge on any atom is 0.222 e. The van der Waals surface area contributed by atoms with Crippen LogP contribution in [0.1, 0.15) is 66.2 Å². The van der Waals surface area contributed by atoms with Gasteiger partial charge in [-0.15, -0.1) is 0 Å². The van der Waals surface area contributed by atoms with Crippen molar-refractivity contribution in [3.05, 3.63) is 0 Å². The number of hydrogen-bond donors (Lipinski definition) is 1. The van der Waals surface area contributed by atoms with Crippen molar-refractivity contribution in [1.82, 2.24) is 10.2 Å². The van der Waals surface area contributed by atoms with E-state index in [1.807, 2.05) is 6.92 Å². The SMILES string of the molecule is CCCCN(CCCC)CCCNC(=O)C(C)CC. The summed E-state index contributed by atoms with van der Waals surface area (Å²) in [6.45, 7) is 12.9. The van der Waals surface area contributed by atoms with Crippen LogP contribution in [0.3, 0.4) is 0 Å². The molecular weight excluding hydrogens is 236 g/mol. The van der Waals surface area contributed by atoms with Crippen molar-refractivity contribution < 1.29 is 4.79 Å². The van der Waals surface area contributed by atoms with E-state index in [1.54, 1.807) is 0 Å². The van der Waals surface area contributed by atoms with E-state index in [2.05, 4.69) is 31.0 Å². The second-order valence-corrected chi connectivity index (χ2v) is 5.50. The van der Waals surface area contributed by atoms with Gasteiger partial charge in [0, 0.05) is 12.5 Å². The topological polar surface area (TPSA) is 32.3 Å². The molecule has 19 heavy (non-hydrogen) atoms. The lowest BCUT2D eigenvalue weighted by atomic mass is 10.1. The molecule has 0 saturated heterocycles. The van der Waals surface area contributed by atoms with Crippen molar-refractivity contribution >= 4 is 5.91 Å². The van der Waals surface area contributed by atoms with Crippen LogP contribution in [0.5, 0.6) is 0 Å². The van der Waals surface area contributed by atoms with Gasteiger partial charge in [-0.1, -0.05) is 40.5 Å². The molecule has 0 aromatic carbocycles. The van der Waals surface area contributed by atoms with Gasteiger partial charge < -0.3 is 10.2 Å². The van der Waals surface area contributed by atoms with E-state index in [0.29, 0.717) is 0 Å². The van der Waals surface area contributed by atoms with E-state index < -0.39 is 0 Å². The van der Waals surface area contributed by atoms with Crippen LogP contribution in [0.4, 0.5) is 0 Å². The number of hydrogen-bond acceptors (Lipinski definition) is 2. The molecular formula is C16H34N2O. The van der Waals surface area contributed by atoms with E-state index in [9.17, 15) is 4.79 Å². The molecule has 1 amide bonds. The Kier molecular flexibility index (Phi) is 12.1. The highest BCUT2D eigenvalue weighted by Crippen LogP contribution is 2.02. The van der Waals surface area contributed by atoms with Crippen LogP contribution < -0.4 is 5.32 Å². The van der Waals surface area contributed by atoms with Gasteiger partial charge in [-0.25, -0.2) is 0 Å². The molecule has 0 aliphatic carbocycles. The number of amides is 1. The molecule has 3 nitrogen and oxygen atoms in total. The van der Waals surface area contributed by atoms with Gasteiger partial charge in [-0.05, 0) is 45.3 Å². The number of rotatable bonds is 12. The first kappa shape index (κ1) is 18.4. The molecule has 0 spiro atoms. The second-order valence-electron chi connectivity index (χ2n) is 5.50. The fraction of sp³-hybridized carbons (Fsp3) is 0.938. The Morgan fingerprint density at radius 1 is 1.00 bits per heavy atom. The predicted molar refractivity (Wildman–Crippen MR) is 83.3 cm³/mol. The second kappa shape index (κ2) is 12.5. The van der Waals surface area contributed by atoms with Crippen molar-refractivity contribution in [3.8, 4) is 0 Å². The van der Waals surface area contributed by atoms with E-state index >= 15 is 0 Å². The number of nitrogens with zero attached hydrogens (tertiary/aromatic N) is 1. The number of carbonyl (C=O) groups is 1. The highest BCUT2D eigenvalue weighted by atomic mass is 16.1. The highest BCUT2D eigenvalue weighted by molar-refractivity contribution is 5.78. The summed E-state index contributed by atoms with van der Waals surface area (Å²) in [6.07, 6.45) is 7.06. The quantitative estimate of drug-likeness (QED) is 0.551. The summed E-state index contributed by atoms with van der Waals surface area (Å²) in [7, 11) is 0. The molecule has 0 aromatic heterocycles. The number of unbranched alkanes of at least 4 members (excludes halogenated alkanes) is 2. The third kappa shape index (κ3) is 9.94. The van der Waals surface area contributed by atoms with Gasteiger partial charge in [0.05, 0.1) is 0 Å². The molecule has 114 valence electrons. The predicted octanol–water partition coefficient (Wildman–Crippen LogP) is 3.44. The Hall–Kier alpha value is -0.570. The minimum absolute atomic E-state index is 0.149. The van der Waals surface area contributed by atoms with Crippen LogP contribution >= 0.6 is 0 Å². The van der Waals surface area contributed by atoms with Crippen LogP contribution in [0.2, 0.25) is 0 Å². The zero-order valence-corrected chi connectivity index (χ0v) is 13.5. The van der Waals surface area contributed by atoms with Gasteiger partial charge in [0.1, 0.15) is 0 Å². The number of nitrogens with one attached hydrogen (secondary N) is 1. The third-order valence-corrected chi connectivity index (χ3v) is 3.67. The van der Waals surface area contributed by atoms with Gasteiger partial charge >= 0.3 is 0 Å². The molecule has 0 fully saturated rings. The summed E-state index contributed by atoms with van der Waals surface area (Å²) in [5.74, 6) is 0.354. The Morgan fingerprint density at radius 2 is 1.53 bits per heavy atom. The summed E-state index contributed by atoms with van der Waals surface area (Å²) in [4.78, 5) is 14.2. The lowest BCUT2D eigenvalue weighted by Gasteiger charge is -2.22. The third-order valence-electron chi connectivity index (χ3n) is 3.67. The molecule has 1 unspecified atom stereocenters. The van der Waals surface area contributed by atoms with Crippen LogP contribution in [0.25, 0.3) is 0 Å². The van der Waals surface area contributed by atoms with Gasteiger partial charge in [-0.2, -0.15) is 0 Å². The van der Waals surface area contributed by atoms with Crippen molar-refractivity contribution in [3.63, 3.8) is 0 Å². The Labute approximate surface area is 120 Å². The first-order valence-electron chi connectivity index (χ1n) is 8.15. The summed E-state index contributed by atoms with van der Waals surface area (Å²) in [5, 5.41) is 3.04. The molecule has 0 aliphatic heterocycles. The summed E-state index contributed by atoms with van der Waals surface area (Å²) < 4.78 is 0. The fourth-order valence-electron chi connectivity index (χ4n) is 1.97. The van der Waals surface area contributed by atoms with E-state index in [1.165, 1.54) is 38.8 Å². The van der Waals surface area contributed by atoms with E-state index in [-0.39, 0.29) is 11.8 Å². The van der Waals surface area contributed by atoms with Gasteiger partial charge in [-0.3, -0.25) is 4.79 Å². The summed E-state index contributed by atoms with van der Waals surface area (Å²) in [5.41, 5.74) is 0. The minimum atomic E-state index is 0.149. The van der Waals surface area contributed by atoms with E-state index in [4.69, 9.17) is 0 Å². The van der Waals surface area contributed by atoms with Gasteiger partial charge in [0.15, 0.2) is 0 Å². The van der Waals surface area contributed by atoms with Gasteiger partial charge in [0.25, 0.3) is 0 Å². The Balaban J connectivity index is 3.75. The molecule has 1 atom stereocenters. The Bertz CT molecular complexity index is 211. The molecule has 0 aliphatic rings. The minimum Gasteiger partial charge on any atom is -0.356 e. The lowest BCUT2D eigenvalue weighted by molar-refractivity contribution is -0.124. The monoisotopic (exact) mass is 270 g/mol. The van der Waals surface area contributed by atoms with Crippen LogP contribution in [-0.4, -0.2) is 37.0 Å². The molecule has 0 radical (unpaired) electrons. The van der Waals surface area contributed by atoms with Crippen molar-refractivity contribution in [2.45, 2.75) is 66.2 Å². The fourth-order valence-corrected chi connectivity index (χ4v) is 1.97. The molecule has 0 heterocycles. The molecule has 0 saturated carbocycles. The normalized spacial score (nSPS) is 12.7.